The van der Waals surface area contributed by atoms with Gasteiger partial charge in [0, 0.05) is 38.6 Å². The lowest BCUT2D eigenvalue weighted by Gasteiger charge is -2.60. The van der Waals surface area contributed by atoms with Gasteiger partial charge in [-0.3, -0.25) is 4.90 Å². The minimum Gasteiger partial charge on any atom is -0.378 e. The van der Waals surface area contributed by atoms with Gasteiger partial charge in [-0.1, -0.05) is 30.3 Å². The number of ether oxygens (including phenoxy) is 1. The van der Waals surface area contributed by atoms with Gasteiger partial charge in [0.1, 0.15) is 0 Å². The van der Waals surface area contributed by atoms with Crippen LogP contribution < -0.4 is 0 Å². The molecule has 2 aliphatic heterocycles. The van der Waals surface area contributed by atoms with Crippen molar-refractivity contribution < 1.29 is 4.74 Å². The first-order valence-corrected chi connectivity index (χ1v) is 6.54. The van der Waals surface area contributed by atoms with Gasteiger partial charge in [0.2, 0.25) is 0 Å². The number of nitrogens with zero attached hydrogens (tertiary/aromatic N) is 1. The van der Waals surface area contributed by atoms with Crippen LogP contribution in [-0.2, 0) is 11.3 Å². The van der Waals surface area contributed by atoms with Crippen LogP contribution in [0, 0.1) is 11.8 Å². The van der Waals surface area contributed by atoms with Gasteiger partial charge in [-0.05, 0) is 18.9 Å². The van der Waals surface area contributed by atoms with Crippen molar-refractivity contribution >= 4 is 0 Å². The fraction of sp³-hybridized carbons (Fsp3) is 0.600. The summed E-state index contributed by atoms with van der Waals surface area (Å²) in [5.74, 6) is 1.46. The molecule has 2 heteroatoms. The molecule has 2 unspecified atom stereocenters. The zero-order chi connectivity index (χ0) is 11.9. The fourth-order valence-electron chi connectivity index (χ4n) is 3.50. The van der Waals surface area contributed by atoms with Crippen molar-refractivity contribution in [3.05, 3.63) is 35.9 Å². The summed E-state index contributed by atoms with van der Waals surface area (Å²) >= 11 is 0. The van der Waals surface area contributed by atoms with Gasteiger partial charge in [0.05, 0.1) is 5.60 Å². The Morgan fingerprint density at radius 2 is 1.88 bits per heavy atom. The standard InChI is InChI=1S/C15H21NO/c1-15(17-2)13-8-14(15)11-16(10-13)9-12-6-4-3-5-7-12/h3-7,13-14H,8-11H2,1-2H3. The molecule has 2 atom stereocenters. The number of hydrogen-bond acceptors (Lipinski definition) is 2. The molecule has 2 heterocycles. The second-order valence-corrected chi connectivity index (χ2v) is 5.70. The maximum absolute atomic E-state index is 5.71. The summed E-state index contributed by atoms with van der Waals surface area (Å²) < 4.78 is 5.71. The third kappa shape index (κ3) is 1.80. The van der Waals surface area contributed by atoms with Gasteiger partial charge in [-0.15, -0.1) is 0 Å². The molecule has 1 aromatic rings. The van der Waals surface area contributed by atoms with Gasteiger partial charge in [-0.2, -0.15) is 0 Å². The molecular weight excluding hydrogens is 210 g/mol. The van der Waals surface area contributed by atoms with E-state index in [4.69, 9.17) is 4.74 Å². The quantitative estimate of drug-likeness (QED) is 0.792. The molecule has 4 rings (SSSR count). The van der Waals surface area contributed by atoms with Crippen LogP contribution in [0.15, 0.2) is 30.3 Å². The molecule has 3 fully saturated rings. The van der Waals surface area contributed by atoms with Crippen LogP contribution in [0.5, 0.6) is 0 Å². The highest BCUT2D eigenvalue weighted by atomic mass is 16.5. The number of piperidine rings is 2. The van der Waals surface area contributed by atoms with Crippen LogP contribution in [0.25, 0.3) is 0 Å². The molecule has 1 aliphatic carbocycles. The molecule has 2 bridgehead atoms. The van der Waals surface area contributed by atoms with Crippen molar-refractivity contribution in [1.29, 1.82) is 0 Å². The molecule has 92 valence electrons. The summed E-state index contributed by atoms with van der Waals surface area (Å²) in [6.45, 7) is 5.75. The number of hydrogen-bond donors (Lipinski definition) is 0. The van der Waals surface area contributed by atoms with E-state index < -0.39 is 0 Å². The predicted octanol–water partition coefficient (Wildman–Crippen LogP) is 2.54. The lowest BCUT2D eigenvalue weighted by Crippen LogP contribution is -2.66. The summed E-state index contributed by atoms with van der Waals surface area (Å²) in [6, 6.07) is 10.8. The number of methoxy groups -OCH3 is 1. The van der Waals surface area contributed by atoms with Crippen LogP contribution in [0.1, 0.15) is 18.9 Å². The maximum atomic E-state index is 5.71. The van der Waals surface area contributed by atoms with Gasteiger partial charge < -0.3 is 4.74 Å². The molecule has 2 saturated heterocycles. The predicted molar refractivity (Wildman–Crippen MR) is 68.7 cm³/mol. The van der Waals surface area contributed by atoms with Gasteiger partial charge in [0.15, 0.2) is 0 Å². The van der Waals surface area contributed by atoms with Crippen molar-refractivity contribution in [2.24, 2.45) is 11.8 Å². The molecule has 1 saturated carbocycles. The van der Waals surface area contributed by atoms with Crippen LogP contribution in [-0.4, -0.2) is 30.7 Å². The monoisotopic (exact) mass is 231 g/mol. The molecule has 0 N–H and O–H groups in total. The van der Waals surface area contributed by atoms with E-state index in [1.165, 1.54) is 25.1 Å². The van der Waals surface area contributed by atoms with Crippen molar-refractivity contribution in [3.8, 4) is 0 Å². The Morgan fingerprint density at radius 1 is 1.24 bits per heavy atom. The first kappa shape index (κ1) is 11.2. The summed E-state index contributed by atoms with van der Waals surface area (Å²) in [5.41, 5.74) is 1.58. The Balaban J connectivity index is 1.63. The second-order valence-electron chi connectivity index (χ2n) is 5.70. The van der Waals surface area contributed by atoms with Gasteiger partial charge in [0.25, 0.3) is 0 Å². The second kappa shape index (κ2) is 4.11. The van der Waals surface area contributed by atoms with Gasteiger partial charge in [-0.25, -0.2) is 0 Å². The highest BCUT2D eigenvalue weighted by Gasteiger charge is 2.55. The number of benzene rings is 1. The summed E-state index contributed by atoms with van der Waals surface area (Å²) in [6.07, 6.45) is 1.36. The van der Waals surface area contributed by atoms with Crippen LogP contribution in [0.4, 0.5) is 0 Å². The molecule has 0 radical (unpaired) electrons. The van der Waals surface area contributed by atoms with Crippen LogP contribution in [0.3, 0.4) is 0 Å². The molecular formula is C15H21NO. The Labute approximate surface area is 104 Å². The lowest BCUT2D eigenvalue weighted by atomic mass is 9.58. The van der Waals surface area contributed by atoms with E-state index in [1.54, 1.807) is 0 Å². The van der Waals surface area contributed by atoms with E-state index in [9.17, 15) is 0 Å². The molecule has 1 aromatic carbocycles. The molecule has 0 spiro atoms. The Morgan fingerprint density at radius 3 is 2.47 bits per heavy atom. The topological polar surface area (TPSA) is 12.5 Å². The minimum absolute atomic E-state index is 0.160. The van der Waals surface area contributed by atoms with Crippen molar-refractivity contribution in [2.45, 2.75) is 25.5 Å². The van der Waals surface area contributed by atoms with E-state index in [-0.39, 0.29) is 5.60 Å². The summed E-state index contributed by atoms with van der Waals surface area (Å²) in [7, 11) is 1.87. The highest BCUT2D eigenvalue weighted by molar-refractivity contribution is 5.16. The first-order valence-electron chi connectivity index (χ1n) is 6.54. The molecule has 0 aromatic heterocycles. The number of rotatable bonds is 3. The smallest absolute Gasteiger partial charge is 0.0731 e. The van der Waals surface area contributed by atoms with E-state index >= 15 is 0 Å². The van der Waals surface area contributed by atoms with Crippen LogP contribution in [0.2, 0.25) is 0 Å². The average molecular weight is 231 g/mol. The van der Waals surface area contributed by atoms with Crippen LogP contribution >= 0.6 is 0 Å². The zero-order valence-corrected chi connectivity index (χ0v) is 10.7. The summed E-state index contributed by atoms with van der Waals surface area (Å²) in [4.78, 5) is 2.58. The molecule has 2 nitrogen and oxygen atoms in total. The normalized spacial score (nSPS) is 36.6. The third-order valence-corrected chi connectivity index (χ3v) is 4.84. The van der Waals surface area contributed by atoms with E-state index in [1.807, 2.05) is 7.11 Å². The SMILES string of the molecule is COC1(C)C2CC1CN(Cc1ccccc1)C2. The lowest BCUT2D eigenvalue weighted by molar-refractivity contribution is -0.203. The Hall–Kier alpha value is -0.860. The molecule has 17 heavy (non-hydrogen) atoms. The van der Waals surface area contributed by atoms with Crippen molar-refractivity contribution in [1.82, 2.24) is 4.90 Å². The zero-order valence-electron chi connectivity index (χ0n) is 10.7. The highest BCUT2D eigenvalue weighted by Crippen LogP contribution is 2.50. The first-order chi connectivity index (χ1) is 8.22. The Bertz CT molecular complexity index is 377. The van der Waals surface area contributed by atoms with E-state index in [2.05, 4.69) is 42.2 Å². The van der Waals surface area contributed by atoms with E-state index in [0.29, 0.717) is 0 Å². The van der Waals surface area contributed by atoms with E-state index in [0.717, 1.165) is 18.4 Å². The maximum Gasteiger partial charge on any atom is 0.0731 e. The fourth-order valence-corrected chi connectivity index (χ4v) is 3.50. The number of fused-ring (bicyclic) bond motifs is 2. The van der Waals surface area contributed by atoms with Crippen molar-refractivity contribution in [2.75, 3.05) is 20.2 Å². The molecule has 0 amide bonds. The molecule has 3 aliphatic rings. The summed E-state index contributed by atoms with van der Waals surface area (Å²) in [5, 5.41) is 0. The third-order valence-electron chi connectivity index (χ3n) is 4.84. The van der Waals surface area contributed by atoms with Crippen molar-refractivity contribution in [3.63, 3.8) is 0 Å². The average Bonchev–Trinajstić information content (AvgIpc) is 2.39. The minimum atomic E-state index is 0.160. The Kier molecular flexibility index (Phi) is 2.72. The van der Waals surface area contributed by atoms with Gasteiger partial charge >= 0.3 is 0 Å². The largest absolute Gasteiger partial charge is 0.378 e.